The van der Waals surface area contributed by atoms with Crippen LogP contribution in [0.5, 0.6) is 0 Å². The van der Waals surface area contributed by atoms with E-state index in [9.17, 15) is 14.4 Å². The molecule has 2 fully saturated rings. The van der Waals surface area contributed by atoms with Gasteiger partial charge in [-0.1, -0.05) is 37.5 Å². The van der Waals surface area contributed by atoms with E-state index >= 15 is 0 Å². The second-order valence-electron chi connectivity index (χ2n) is 7.18. The zero-order chi connectivity index (χ0) is 17.5. The molecule has 3 rings (SSSR count). The van der Waals surface area contributed by atoms with Crippen molar-refractivity contribution in [1.82, 2.24) is 10.2 Å². The van der Waals surface area contributed by atoms with E-state index in [1.807, 2.05) is 39.0 Å². The van der Waals surface area contributed by atoms with Crippen LogP contribution in [0.1, 0.15) is 54.1 Å². The molecule has 0 bridgehead atoms. The first-order valence-corrected chi connectivity index (χ1v) is 8.60. The number of hydrogen-bond donors (Lipinski definition) is 1. The van der Waals surface area contributed by atoms with Crippen molar-refractivity contribution >= 4 is 17.7 Å². The van der Waals surface area contributed by atoms with Crippen molar-refractivity contribution in [2.45, 2.75) is 52.0 Å². The van der Waals surface area contributed by atoms with E-state index in [0.717, 1.165) is 35.3 Å². The van der Waals surface area contributed by atoms with Crippen molar-refractivity contribution in [2.24, 2.45) is 5.92 Å². The third-order valence-corrected chi connectivity index (χ3v) is 5.50. The molecule has 3 amide bonds. The van der Waals surface area contributed by atoms with Gasteiger partial charge in [-0.2, -0.15) is 0 Å². The average Bonchev–Trinajstić information content (AvgIpc) is 2.78. The standard InChI is InChI=1S/C19H24N2O3/c1-12-7-8-13(2)15(10-12)16(22)11-21-17(23)19(20-18(21)24)9-5-4-6-14(19)3/h7-8,10,14H,4-6,9,11H2,1-3H3,(H,20,24)/t14-,19+/m1/s1. The molecular formula is C19H24N2O3. The zero-order valence-electron chi connectivity index (χ0n) is 14.5. The molecule has 2 atom stereocenters. The molecule has 1 saturated heterocycles. The molecule has 0 aromatic heterocycles. The van der Waals surface area contributed by atoms with Crippen molar-refractivity contribution in [1.29, 1.82) is 0 Å². The molecule has 1 spiro atoms. The fraction of sp³-hybridized carbons (Fsp3) is 0.526. The Kier molecular flexibility index (Phi) is 4.20. The van der Waals surface area contributed by atoms with E-state index in [2.05, 4.69) is 5.32 Å². The summed E-state index contributed by atoms with van der Waals surface area (Å²) in [5.74, 6) is -0.331. The third kappa shape index (κ3) is 2.62. The summed E-state index contributed by atoms with van der Waals surface area (Å²) >= 11 is 0. The van der Waals surface area contributed by atoms with Crippen LogP contribution in [-0.4, -0.2) is 34.7 Å². The lowest BCUT2D eigenvalue weighted by Gasteiger charge is -2.36. The number of benzene rings is 1. The minimum atomic E-state index is -0.808. The van der Waals surface area contributed by atoms with Crippen LogP contribution in [0, 0.1) is 19.8 Å². The maximum atomic E-state index is 12.9. The Morgan fingerprint density at radius 1 is 1.29 bits per heavy atom. The number of Topliss-reactive ketones (excluding diaryl/α,β-unsaturated/α-hetero) is 1. The van der Waals surface area contributed by atoms with Crippen LogP contribution in [-0.2, 0) is 4.79 Å². The fourth-order valence-electron chi connectivity index (χ4n) is 3.90. The van der Waals surface area contributed by atoms with Gasteiger partial charge in [0.1, 0.15) is 5.54 Å². The molecule has 0 radical (unpaired) electrons. The van der Waals surface area contributed by atoms with Crippen LogP contribution >= 0.6 is 0 Å². The number of hydrogen-bond acceptors (Lipinski definition) is 3. The Morgan fingerprint density at radius 2 is 2.04 bits per heavy atom. The predicted molar refractivity (Wildman–Crippen MR) is 90.9 cm³/mol. The average molecular weight is 328 g/mol. The van der Waals surface area contributed by atoms with E-state index in [1.54, 1.807) is 0 Å². The minimum Gasteiger partial charge on any atom is -0.323 e. The highest BCUT2D eigenvalue weighted by Gasteiger charge is 2.55. The Morgan fingerprint density at radius 3 is 2.75 bits per heavy atom. The van der Waals surface area contributed by atoms with E-state index < -0.39 is 11.6 Å². The SMILES string of the molecule is Cc1ccc(C)c(C(=O)CN2C(=O)N[C@]3(CCCC[C@H]3C)C2=O)c1. The summed E-state index contributed by atoms with van der Waals surface area (Å²) in [7, 11) is 0. The summed E-state index contributed by atoms with van der Waals surface area (Å²) in [5, 5.41) is 2.89. The Balaban J connectivity index is 1.82. The molecule has 0 unspecified atom stereocenters. The van der Waals surface area contributed by atoms with Crippen molar-refractivity contribution in [3.8, 4) is 0 Å². The highest BCUT2D eigenvalue weighted by molar-refractivity contribution is 6.11. The van der Waals surface area contributed by atoms with E-state index in [1.165, 1.54) is 0 Å². The van der Waals surface area contributed by atoms with Crippen molar-refractivity contribution in [3.05, 3.63) is 34.9 Å². The Bertz CT molecular complexity index is 713. The number of rotatable bonds is 3. The minimum absolute atomic E-state index is 0.100. The van der Waals surface area contributed by atoms with Gasteiger partial charge < -0.3 is 5.32 Å². The van der Waals surface area contributed by atoms with Crippen LogP contribution < -0.4 is 5.32 Å². The molecule has 1 aromatic rings. The lowest BCUT2D eigenvalue weighted by Crippen LogP contribution is -2.54. The zero-order valence-corrected chi connectivity index (χ0v) is 14.5. The number of nitrogens with zero attached hydrogens (tertiary/aromatic N) is 1. The number of carbonyl (C=O) groups is 3. The molecule has 5 nitrogen and oxygen atoms in total. The number of urea groups is 1. The van der Waals surface area contributed by atoms with Crippen molar-refractivity contribution in [3.63, 3.8) is 0 Å². The molecule has 24 heavy (non-hydrogen) atoms. The van der Waals surface area contributed by atoms with Crippen molar-refractivity contribution < 1.29 is 14.4 Å². The van der Waals surface area contributed by atoms with Crippen LogP contribution in [0.2, 0.25) is 0 Å². The van der Waals surface area contributed by atoms with E-state index in [4.69, 9.17) is 0 Å². The maximum Gasteiger partial charge on any atom is 0.325 e. The number of ketones is 1. The van der Waals surface area contributed by atoms with Crippen LogP contribution in [0.4, 0.5) is 4.79 Å². The number of amides is 3. The van der Waals surface area contributed by atoms with Gasteiger partial charge in [-0.15, -0.1) is 0 Å². The van der Waals surface area contributed by atoms with Crippen molar-refractivity contribution in [2.75, 3.05) is 6.54 Å². The van der Waals surface area contributed by atoms with E-state index in [0.29, 0.717) is 12.0 Å². The summed E-state index contributed by atoms with van der Waals surface area (Å²) < 4.78 is 0. The quantitative estimate of drug-likeness (QED) is 0.685. The summed E-state index contributed by atoms with van der Waals surface area (Å²) in [6.07, 6.45) is 3.58. The van der Waals surface area contributed by atoms with Gasteiger partial charge in [0, 0.05) is 5.56 Å². The maximum absolute atomic E-state index is 12.9. The molecule has 1 N–H and O–H groups in total. The largest absolute Gasteiger partial charge is 0.325 e. The molecule has 1 aliphatic heterocycles. The molecule has 1 aromatic carbocycles. The summed E-state index contributed by atoms with van der Waals surface area (Å²) in [6, 6.07) is 5.21. The smallest absolute Gasteiger partial charge is 0.323 e. The van der Waals surface area contributed by atoms with Gasteiger partial charge in [-0.05, 0) is 44.2 Å². The number of imide groups is 1. The fourth-order valence-corrected chi connectivity index (χ4v) is 3.90. The van der Waals surface area contributed by atoms with Gasteiger partial charge in [-0.25, -0.2) is 4.79 Å². The van der Waals surface area contributed by atoms with E-state index in [-0.39, 0.29) is 24.2 Å². The van der Waals surface area contributed by atoms with Gasteiger partial charge in [0.15, 0.2) is 5.78 Å². The molecule has 2 aliphatic rings. The van der Waals surface area contributed by atoms with Gasteiger partial charge in [-0.3, -0.25) is 14.5 Å². The first kappa shape index (κ1) is 16.7. The highest BCUT2D eigenvalue weighted by Crippen LogP contribution is 2.38. The molecule has 128 valence electrons. The van der Waals surface area contributed by atoms with Gasteiger partial charge in [0.05, 0.1) is 6.54 Å². The van der Waals surface area contributed by atoms with Crippen LogP contribution in [0.15, 0.2) is 18.2 Å². The van der Waals surface area contributed by atoms with Gasteiger partial charge in [0.25, 0.3) is 5.91 Å². The molecule has 1 saturated carbocycles. The lowest BCUT2D eigenvalue weighted by atomic mass is 9.73. The lowest BCUT2D eigenvalue weighted by molar-refractivity contribution is -0.133. The topological polar surface area (TPSA) is 66.5 Å². The highest BCUT2D eigenvalue weighted by atomic mass is 16.2. The van der Waals surface area contributed by atoms with Crippen LogP contribution in [0.3, 0.4) is 0 Å². The molecule has 1 aliphatic carbocycles. The molecule has 1 heterocycles. The third-order valence-electron chi connectivity index (χ3n) is 5.50. The molecular weight excluding hydrogens is 304 g/mol. The second-order valence-corrected chi connectivity index (χ2v) is 7.18. The first-order chi connectivity index (χ1) is 11.3. The second kappa shape index (κ2) is 6.04. The van der Waals surface area contributed by atoms with Crippen LogP contribution in [0.25, 0.3) is 0 Å². The Labute approximate surface area is 142 Å². The molecule has 5 heteroatoms. The summed E-state index contributed by atoms with van der Waals surface area (Å²) in [6.45, 7) is 5.60. The van der Waals surface area contributed by atoms with Gasteiger partial charge in [0.2, 0.25) is 0 Å². The number of carbonyl (C=O) groups excluding carboxylic acids is 3. The number of nitrogens with one attached hydrogen (secondary N) is 1. The normalized spacial score (nSPS) is 26.8. The first-order valence-electron chi connectivity index (χ1n) is 8.60. The van der Waals surface area contributed by atoms with Gasteiger partial charge >= 0.3 is 6.03 Å². The summed E-state index contributed by atoms with van der Waals surface area (Å²) in [4.78, 5) is 39.0. The number of aryl methyl sites for hydroxylation is 2. The summed E-state index contributed by atoms with van der Waals surface area (Å²) in [5.41, 5.74) is 1.61. The Hall–Kier alpha value is -2.17. The predicted octanol–water partition coefficient (Wildman–Crippen LogP) is 2.99. The monoisotopic (exact) mass is 328 g/mol.